The summed E-state index contributed by atoms with van der Waals surface area (Å²) in [4.78, 5) is 15.6. The lowest BCUT2D eigenvalue weighted by molar-refractivity contribution is 0.0511. The summed E-state index contributed by atoms with van der Waals surface area (Å²) < 4.78 is 20.4. The highest BCUT2D eigenvalue weighted by molar-refractivity contribution is 5.85. The molecule has 3 rings (SSSR count). The number of hydrogen-bond donors (Lipinski definition) is 0. The van der Waals surface area contributed by atoms with Crippen molar-refractivity contribution < 1.29 is 13.9 Å². The Hall–Kier alpha value is -2.24. The molecule has 104 valence electrons. The van der Waals surface area contributed by atoms with Crippen LogP contribution in [0.3, 0.4) is 0 Å². The average molecular weight is 275 g/mol. The van der Waals surface area contributed by atoms with Gasteiger partial charge in [0.25, 0.3) is 5.82 Å². The minimum Gasteiger partial charge on any atom is -0.460 e. The molecule has 6 heteroatoms. The molecule has 0 N–H and O–H groups in total. The molecular formula is C14H14FN3O2. The Balaban J connectivity index is 1.96. The van der Waals surface area contributed by atoms with Crippen LogP contribution in [0.2, 0.25) is 0 Å². The van der Waals surface area contributed by atoms with E-state index in [4.69, 9.17) is 4.74 Å². The van der Waals surface area contributed by atoms with E-state index < -0.39 is 12.1 Å². The van der Waals surface area contributed by atoms with Gasteiger partial charge >= 0.3 is 5.97 Å². The molecule has 0 unspecified atom stereocenters. The van der Waals surface area contributed by atoms with Crippen LogP contribution in [0.5, 0.6) is 0 Å². The van der Waals surface area contributed by atoms with Crippen molar-refractivity contribution in [3.63, 3.8) is 0 Å². The first-order chi connectivity index (χ1) is 9.70. The Morgan fingerprint density at radius 2 is 2.20 bits per heavy atom. The molecule has 0 fully saturated rings. The summed E-state index contributed by atoms with van der Waals surface area (Å²) in [5.74, 6) is -0.500. The van der Waals surface area contributed by atoms with E-state index in [0.29, 0.717) is 6.42 Å². The van der Waals surface area contributed by atoms with Gasteiger partial charge in [0.15, 0.2) is 12.0 Å². The van der Waals surface area contributed by atoms with Crippen molar-refractivity contribution in [3.8, 4) is 0 Å². The van der Waals surface area contributed by atoms with Crippen molar-refractivity contribution >= 4 is 5.97 Å². The third-order valence-electron chi connectivity index (χ3n) is 3.31. The highest BCUT2D eigenvalue weighted by Crippen LogP contribution is 2.39. The third kappa shape index (κ3) is 2.07. The lowest BCUT2D eigenvalue weighted by atomic mass is 10.0. The molecule has 0 saturated carbocycles. The fourth-order valence-corrected chi connectivity index (χ4v) is 2.41. The second-order valence-corrected chi connectivity index (χ2v) is 4.59. The van der Waals surface area contributed by atoms with Crippen molar-refractivity contribution in [2.24, 2.45) is 0 Å². The summed E-state index contributed by atoms with van der Waals surface area (Å²) in [6.45, 7) is 1.94. The number of rotatable bonds is 3. The zero-order valence-corrected chi connectivity index (χ0v) is 11.0. The van der Waals surface area contributed by atoms with Crippen LogP contribution in [-0.4, -0.2) is 27.3 Å². The number of alkyl halides is 1. The summed E-state index contributed by atoms with van der Waals surface area (Å²) >= 11 is 0. The van der Waals surface area contributed by atoms with E-state index in [9.17, 15) is 9.18 Å². The van der Waals surface area contributed by atoms with Crippen molar-refractivity contribution in [1.29, 1.82) is 0 Å². The van der Waals surface area contributed by atoms with Gasteiger partial charge in [0, 0.05) is 6.42 Å². The highest BCUT2D eigenvalue weighted by Gasteiger charge is 2.36. The fourth-order valence-electron chi connectivity index (χ4n) is 2.41. The van der Waals surface area contributed by atoms with Gasteiger partial charge < -0.3 is 4.74 Å². The summed E-state index contributed by atoms with van der Waals surface area (Å²) in [6, 6.07) is 9.29. The van der Waals surface area contributed by atoms with Crippen LogP contribution in [-0.2, 0) is 4.74 Å². The minimum absolute atomic E-state index is 0.0786. The number of aromatic nitrogens is 3. The summed E-state index contributed by atoms with van der Waals surface area (Å²) in [7, 11) is 0. The lowest BCUT2D eigenvalue weighted by Gasteiger charge is -2.11. The first-order valence-corrected chi connectivity index (χ1v) is 6.53. The second-order valence-electron chi connectivity index (χ2n) is 4.59. The van der Waals surface area contributed by atoms with Gasteiger partial charge in [-0.2, -0.15) is 0 Å². The van der Waals surface area contributed by atoms with Gasteiger partial charge in [-0.05, 0) is 12.5 Å². The van der Waals surface area contributed by atoms with Crippen LogP contribution in [0.4, 0.5) is 4.39 Å². The maximum Gasteiger partial charge on any atom is 0.378 e. The van der Waals surface area contributed by atoms with Gasteiger partial charge in [-0.3, -0.25) is 0 Å². The highest BCUT2D eigenvalue weighted by atomic mass is 19.1. The summed E-state index contributed by atoms with van der Waals surface area (Å²) in [6.07, 6.45) is -0.918. The molecule has 20 heavy (non-hydrogen) atoms. The molecule has 0 amide bonds. The maximum absolute atomic E-state index is 14.0. The van der Waals surface area contributed by atoms with Gasteiger partial charge in [-0.1, -0.05) is 30.3 Å². The number of carbonyl (C=O) groups excluding carboxylic acids is 1. The summed E-state index contributed by atoms with van der Waals surface area (Å²) in [5, 5.41) is 4.11. The third-order valence-corrected chi connectivity index (χ3v) is 3.31. The Morgan fingerprint density at radius 1 is 1.45 bits per heavy atom. The molecule has 0 spiro atoms. The molecule has 1 aliphatic rings. The number of halogens is 1. The minimum atomic E-state index is -1.21. The maximum atomic E-state index is 14.0. The van der Waals surface area contributed by atoms with Crippen molar-refractivity contribution in [1.82, 2.24) is 14.8 Å². The predicted molar refractivity (Wildman–Crippen MR) is 69.0 cm³/mol. The lowest BCUT2D eigenvalue weighted by Crippen LogP contribution is -2.11. The number of carbonyl (C=O) groups is 1. The molecule has 0 radical (unpaired) electrons. The van der Waals surface area contributed by atoms with Crippen LogP contribution in [0, 0.1) is 0 Å². The largest absolute Gasteiger partial charge is 0.460 e. The molecule has 2 heterocycles. The molecule has 1 aromatic heterocycles. The molecule has 2 aromatic rings. The quantitative estimate of drug-likeness (QED) is 0.807. The number of ether oxygens (including phenoxy) is 1. The zero-order valence-electron chi connectivity index (χ0n) is 11.0. The topological polar surface area (TPSA) is 57.0 Å². The van der Waals surface area contributed by atoms with Gasteiger partial charge in [0.2, 0.25) is 0 Å². The van der Waals surface area contributed by atoms with Crippen LogP contribution in [0.25, 0.3) is 0 Å². The first-order valence-electron chi connectivity index (χ1n) is 6.53. The number of esters is 1. The fraction of sp³-hybridized carbons (Fsp3) is 0.357. The van der Waals surface area contributed by atoms with Gasteiger partial charge in [-0.15, -0.1) is 5.10 Å². The van der Waals surface area contributed by atoms with E-state index in [2.05, 4.69) is 10.1 Å². The Labute approximate surface area is 115 Å². The molecule has 1 aromatic carbocycles. The Kier molecular flexibility index (Phi) is 3.22. The number of benzene rings is 1. The zero-order chi connectivity index (χ0) is 14.1. The summed E-state index contributed by atoms with van der Waals surface area (Å²) in [5.41, 5.74) is 0.953. The van der Waals surface area contributed by atoms with Crippen molar-refractivity contribution in [2.75, 3.05) is 6.61 Å². The second kappa shape index (κ2) is 5.03. The number of nitrogens with zero attached hydrogens (tertiary/aromatic N) is 3. The molecular weight excluding hydrogens is 261 g/mol. The van der Waals surface area contributed by atoms with Gasteiger partial charge in [-0.25, -0.2) is 18.9 Å². The van der Waals surface area contributed by atoms with E-state index in [1.54, 1.807) is 6.92 Å². The van der Waals surface area contributed by atoms with Crippen LogP contribution < -0.4 is 0 Å². The smallest absolute Gasteiger partial charge is 0.378 e. The van der Waals surface area contributed by atoms with Gasteiger partial charge in [0.05, 0.1) is 12.6 Å². The average Bonchev–Trinajstić information content (AvgIpc) is 3.01. The van der Waals surface area contributed by atoms with Crippen LogP contribution in [0.15, 0.2) is 30.3 Å². The standard InChI is InChI=1S/C14H14FN3O2/c1-2-20-14(19)12-16-13-10(15)8-11(18(13)17-12)9-6-4-3-5-7-9/h3-7,10-11H,2,8H2,1H3/t10-,11-/m0/s1. The molecule has 0 saturated heterocycles. The first kappa shape index (κ1) is 12.8. The molecule has 1 aliphatic heterocycles. The van der Waals surface area contributed by atoms with E-state index in [-0.39, 0.29) is 24.3 Å². The Morgan fingerprint density at radius 3 is 2.90 bits per heavy atom. The van der Waals surface area contributed by atoms with Crippen LogP contribution >= 0.6 is 0 Å². The van der Waals surface area contributed by atoms with Crippen molar-refractivity contribution in [2.45, 2.75) is 25.6 Å². The normalized spacial score (nSPS) is 20.7. The Bertz CT molecular complexity index is 627. The van der Waals surface area contributed by atoms with Gasteiger partial charge in [0.1, 0.15) is 0 Å². The van der Waals surface area contributed by atoms with E-state index in [0.717, 1.165) is 5.56 Å². The number of hydrogen-bond acceptors (Lipinski definition) is 4. The van der Waals surface area contributed by atoms with E-state index >= 15 is 0 Å². The van der Waals surface area contributed by atoms with Crippen LogP contribution in [0.1, 0.15) is 47.6 Å². The SMILES string of the molecule is CCOC(=O)c1nc2n(n1)[C@H](c1ccccc1)C[C@@H]2F. The number of fused-ring (bicyclic) bond motifs is 1. The molecule has 0 bridgehead atoms. The van der Waals surface area contributed by atoms with Crippen molar-refractivity contribution in [3.05, 3.63) is 47.5 Å². The molecule has 0 aliphatic carbocycles. The van der Waals surface area contributed by atoms with E-state index in [1.165, 1.54) is 4.68 Å². The molecule has 2 atom stereocenters. The predicted octanol–water partition coefficient (Wildman–Crippen LogP) is 2.46. The molecule has 5 nitrogen and oxygen atoms in total. The monoisotopic (exact) mass is 275 g/mol. The van der Waals surface area contributed by atoms with E-state index in [1.807, 2.05) is 30.3 Å².